The first-order valence-electron chi connectivity index (χ1n) is 11.3. The second-order valence-corrected chi connectivity index (χ2v) is 9.22. The van der Waals surface area contributed by atoms with Gasteiger partial charge in [0.2, 0.25) is 0 Å². The van der Waals surface area contributed by atoms with E-state index in [0.717, 1.165) is 33.8 Å². The van der Waals surface area contributed by atoms with Gasteiger partial charge in [0.25, 0.3) is 5.91 Å². The number of hydrogen-bond acceptors (Lipinski definition) is 7. The van der Waals surface area contributed by atoms with Crippen LogP contribution in [0.2, 0.25) is 0 Å². The number of rotatable bonds is 9. The van der Waals surface area contributed by atoms with E-state index in [4.69, 9.17) is 4.74 Å². The van der Waals surface area contributed by atoms with Gasteiger partial charge in [-0.1, -0.05) is 53.7 Å². The number of aryl methyl sites for hydroxylation is 1. The lowest BCUT2D eigenvalue weighted by Gasteiger charge is -2.11. The third-order valence-electron chi connectivity index (χ3n) is 5.42. The lowest BCUT2D eigenvalue weighted by Crippen LogP contribution is -2.20. The number of hydrazone groups is 1. The Labute approximate surface area is 215 Å². The van der Waals surface area contributed by atoms with E-state index in [1.807, 2.05) is 103 Å². The number of hydrogen-bond donors (Lipinski definition) is 1. The first kappa shape index (κ1) is 25.0. The van der Waals surface area contributed by atoms with E-state index in [1.54, 1.807) is 13.3 Å². The number of thioether (sulfide) groups is 1. The van der Waals surface area contributed by atoms with Crippen LogP contribution in [0.15, 0.2) is 83.1 Å². The predicted octanol–water partition coefficient (Wildman–Crippen LogP) is 4.56. The van der Waals surface area contributed by atoms with Gasteiger partial charge in [-0.3, -0.25) is 9.36 Å². The molecule has 0 saturated carbocycles. The molecule has 9 heteroatoms. The molecule has 1 N–H and O–H groups in total. The van der Waals surface area contributed by atoms with Crippen LogP contribution in [0.1, 0.15) is 11.1 Å². The van der Waals surface area contributed by atoms with Crippen LogP contribution in [0.5, 0.6) is 5.75 Å². The number of aromatic nitrogens is 3. The van der Waals surface area contributed by atoms with Crippen LogP contribution in [-0.4, -0.2) is 53.8 Å². The molecule has 0 saturated heterocycles. The van der Waals surface area contributed by atoms with Crippen LogP contribution in [0.3, 0.4) is 0 Å². The summed E-state index contributed by atoms with van der Waals surface area (Å²) in [6.07, 6.45) is 1.62. The number of amides is 1. The van der Waals surface area contributed by atoms with Crippen molar-refractivity contribution < 1.29 is 9.53 Å². The summed E-state index contributed by atoms with van der Waals surface area (Å²) in [6.45, 7) is 2.04. The zero-order chi connectivity index (χ0) is 25.5. The Balaban J connectivity index is 1.48. The molecule has 0 atom stereocenters. The second-order valence-electron chi connectivity index (χ2n) is 8.27. The first-order chi connectivity index (χ1) is 17.4. The minimum absolute atomic E-state index is 0.138. The third-order valence-corrected chi connectivity index (χ3v) is 6.35. The number of carbonyl (C=O) groups is 1. The maximum Gasteiger partial charge on any atom is 0.250 e. The highest BCUT2D eigenvalue weighted by Crippen LogP contribution is 2.29. The monoisotopic (exact) mass is 500 g/mol. The number of anilines is 1. The van der Waals surface area contributed by atoms with Crippen LogP contribution in [0.25, 0.3) is 17.1 Å². The maximum absolute atomic E-state index is 12.5. The summed E-state index contributed by atoms with van der Waals surface area (Å²) in [5.41, 5.74) is 7.55. The largest absolute Gasteiger partial charge is 0.497 e. The normalized spacial score (nSPS) is 11.0. The van der Waals surface area contributed by atoms with Gasteiger partial charge in [-0.15, -0.1) is 10.2 Å². The van der Waals surface area contributed by atoms with Gasteiger partial charge in [0, 0.05) is 31.0 Å². The fourth-order valence-corrected chi connectivity index (χ4v) is 4.16. The molecule has 0 aliphatic heterocycles. The molecule has 184 valence electrons. The fraction of sp³-hybridized carbons (Fsp3) is 0.185. The molecule has 3 aromatic carbocycles. The molecular formula is C27H28N6O2S. The minimum Gasteiger partial charge on any atom is -0.497 e. The van der Waals surface area contributed by atoms with Crippen molar-refractivity contribution in [2.45, 2.75) is 12.1 Å². The Kier molecular flexibility index (Phi) is 8.02. The van der Waals surface area contributed by atoms with Gasteiger partial charge >= 0.3 is 0 Å². The van der Waals surface area contributed by atoms with Crippen LogP contribution in [0.4, 0.5) is 5.69 Å². The van der Waals surface area contributed by atoms with Gasteiger partial charge in [0.1, 0.15) is 5.75 Å². The van der Waals surface area contributed by atoms with Crippen molar-refractivity contribution in [1.29, 1.82) is 0 Å². The van der Waals surface area contributed by atoms with Gasteiger partial charge < -0.3 is 9.64 Å². The van der Waals surface area contributed by atoms with E-state index in [9.17, 15) is 4.79 Å². The van der Waals surface area contributed by atoms with Crippen LogP contribution in [0, 0.1) is 6.92 Å². The van der Waals surface area contributed by atoms with Gasteiger partial charge in [-0.25, -0.2) is 5.43 Å². The Morgan fingerprint density at radius 1 is 1.03 bits per heavy atom. The molecule has 36 heavy (non-hydrogen) atoms. The number of benzene rings is 3. The van der Waals surface area contributed by atoms with Crippen molar-refractivity contribution in [2.75, 3.05) is 31.9 Å². The number of ether oxygens (including phenoxy) is 1. The summed E-state index contributed by atoms with van der Waals surface area (Å²) in [6, 6.07) is 23.6. The standard InChI is InChI=1S/C27H28N6O2S/c1-19-5-9-21(10-6-19)26-30-31-27(33(26)23-13-15-24(35-4)16-14-23)36-18-25(34)29-28-17-20-7-11-22(12-8-20)32(2)3/h5-17H,18H2,1-4H3,(H,29,34). The predicted molar refractivity (Wildman–Crippen MR) is 145 cm³/mol. The Morgan fingerprint density at radius 3 is 2.36 bits per heavy atom. The third kappa shape index (κ3) is 6.11. The van der Waals surface area contributed by atoms with E-state index >= 15 is 0 Å². The van der Waals surface area contributed by atoms with E-state index in [2.05, 4.69) is 20.7 Å². The summed E-state index contributed by atoms with van der Waals surface area (Å²) < 4.78 is 7.24. The summed E-state index contributed by atoms with van der Waals surface area (Å²) in [5, 5.41) is 13.5. The molecule has 4 aromatic rings. The van der Waals surface area contributed by atoms with Crippen LogP contribution < -0.4 is 15.1 Å². The molecule has 1 amide bonds. The molecule has 0 radical (unpaired) electrons. The van der Waals surface area contributed by atoms with Crippen LogP contribution >= 0.6 is 11.8 Å². The van der Waals surface area contributed by atoms with Gasteiger partial charge in [-0.2, -0.15) is 5.10 Å². The molecule has 0 aliphatic rings. The molecule has 0 aliphatic carbocycles. The van der Waals surface area contributed by atoms with E-state index in [1.165, 1.54) is 11.8 Å². The summed E-state index contributed by atoms with van der Waals surface area (Å²) >= 11 is 1.30. The van der Waals surface area contributed by atoms with Gasteiger partial charge in [-0.05, 0) is 48.9 Å². The summed E-state index contributed by atoms with van der Waals surface area (Å²) in [5.74, 6) is 1.36. The molecule has 0 unspecified atom stereocenters. The van der Waals surface area contributed by atoms with Crippen molar-refractivity contribution >= 4 is 29.6 Å². The molecule has 8 nitrogen and oxygen atoms in total. The van der Waals surface area contributed by atoms with Crippen molar-refractivity contribution in [2.24, 2.45) is 5.10 Å². The Hall–Kier alpha value is -4.11. The minimum atomic E-state index is -0.234. The molecule has 4 rings (SSSR count). The highest BCUT2D eigenvalue weighted by atomic mass is 32.2. The van der Waals surface area contributed by atoms with Gasteiger partial charge in [0.15, 0.2) is 11.0 Å². The summed E-state index contributed by atoms with van der Waals surface area (Å²) in [7, 11) is 5.60. The van der Waals surface area contributed by atoms with E-state index in [0.29, 0.717) is 11.0 Å². The van der Waals surface area contributed by atoms with Crippen molar-refractivity contribution in [3.63, 3.8) is 0 Å². The Bertz CT molecular complexity index is 1330. The topological polar surface area (TPSA) is 84.6 Å². The molecular weight excluding hydrogens is 472 g/mol. The second kappa shape index (κ2) is 11.5. The number of methoxy groups -OCH3 is 1. The lowest BCUT2D eigenvalue weighted by atomic mass is 10.1. The molecule has 0 bridgehead atoms. The first-order valence-corrected chi connectivity index (χ1v) is 12.3. The Morgan fingerprint density at radius 2 is 1.72 bits per heavy atom. The van der Waals surface area contributed by atoms with E-state index < -0.39 is 0 Å². The smallest absolute Gasteiger partial charge is 0.250 e. The SMILES string of the molecule is COc1ccc(-n2c(SCC(=O)NN=Cc3ccc(N(C)C)cc3)nnc2-c2ccc(C)cc2)cc1. The average Bonchev–Trinajstić information content (AvgIpc) is 3.32. The highest BCUT2D eigenvalue weighted by molar-refractivity contribution is 7.99. The van der Waals surface area contributed by atoms with Gasteiger partial charge in [0.05, 0.1) is 19.1 Å². The van der Waals surface area contributed by atoms with Crippen molar-refractivity contribution in [3.8, 4) is 22.8 Å². The number of carbonyl (C=O) groups excluding carboxylic acids is 1. The quantitative estimate of drug-likeness (QED) is 0.206. The highest BCUT2D eigenvalue weighted by Gasteiger charge is 2.17. The molecule has 1 aromatic heterocycles. The molecule has 0 spiro atoms. The maximum atomic E-state index is 12.5. The van der Waals surface area contributed by atoms with Crippen molar-refractivity contribution in [1.82, 2.24) is 20.2 Å². The van der Waals surface area contributed by atoms with Crippen LogP contribution in [-0.2, 0) is 4.79 Å². The zero-order valence-corrected chi connectivity index (χ0v) is 21.5. The zero-order valence-electron chi connectivity index (χ0n) is 20.7. The average molecular weight is 501 g/mol. The lowest BCUT2D eigenvalue weighted by molar-refractivity contribution is -0.118. The molecule has 0 fully saturated rings. The van der Waals surface area contributed by atoms with Crippen molar-refractivity contribution in [3.05, 3.63) is 83.9 Å². The summed E-state index contributed by atoms with van der Waals surface area (Å²) in [4.78, 5) is 14.5. The number of nitrogens with one attached hydrogen (secondary N) is 1. The molecule has 1 heterocycles. The van der Waals surface area contributed by atoms with E-state index in [-0.39, 0.29) is 11.7 Å². The number of nitrogens with zero attached hydrogens (tertiary/aromatic N) is 5. The fourth-order valence-electron chi connectivity index (χ4n) is 3.42.